The minimum atomic E-state index is 0.644. The summed E-state index contributed by atoms with van der Waals surface area (Å²) in [6.07, 6.45) is 0. The van der Waals surface area contributed by atoms with Crippen molar-refractivity contribution in [3.8, 4) is 56.4 Å². The third kappa shape index (κ3) is 5.48. The Morgan fingerprint density at radius 1 is 0.217 bits per heavy atom. The highest BCUT2D eigenvalue weighted by atomic mass is 15.0. The second-order valence-electron chi connectivity index (χ2n) is 15.5. The Kier molecular flexibility index (Phi) is 7.85. The van der Waals surface area contributed by atoms with E-state index in [9.17, 15) is 0 Å². The standard InChI is InChI=1S/C57H35N3/c1-3-15-37(16-4-1)55-58-56(38-17-5-2-6-18-38)60-57(59-55)39-31-29-36(30-32-39)41-33-34-48(43-21-8-7-20-42(41)43)52-35-40-19-13-26-49-46-24-11-9-22-44(46)45-23-10-12-25-47(45)50-27-14-28-51(52)54(50)53(40)49/h1-35H. The zero-order valence-electron chi connectivity index (χ0n) is 32.5. The number of fused-ring (bicyclic) bond motifs is 6. The average Bonchev–Trinajstić information content (AvgIpc) is 3.33. The molecule has 3 nitrogen and oxygen atoms in total. The summed E-state index contributed by atoms with van der Waals surface area (Å²) >= 11 is 0. The van der Waals surface area contributed by atoms with E-state index in [0.29, 0.717) is 17.5 Å². The molecule has 0 aliphatic heterocycles. The maximum atomic E-state index is 4.97. The molecule has 0 fully saturated rings. The van der Waals surface area contributed by atoms with Gasteiger partial charge in [-0.1, -0.05) is 206 Å². The van der Waals surface area contributed by atoms with Gasteiger partial charge in [-0.15, -0.1) is 0 Å². The predicted molar refractivity (Wildman–Crippen MR) is 252 cm³/mol. The third-order valence-electron chi connectivity index (χ3n) is 12.1. The Bertz CT molecular complexity index is 3580. The van der Waals surface area contributed by atoms with E-state index in [4.69, 9.17) is 15.0 Å². The lowest BCUT2D eigenvalue weighted by Crippen LogP contribution is -2.00. The molecule has 11 aromatic carbocycles. The van der Waals surface area contributed by atoms with Crippen molar-refractivity contribution in [2.24, 2.45) is 0 Å². The molecule has 12 rings (SSSR count). The lowest BCUT2D eigenvalue weighted by atomic mass is 9.85. The number of nitrogens with zero attached hydrogens (tertiary/aromatic N) is 3. The normalized spacial score (nSPS) is 11.7. The lowest BCUT2D eigenvalue weighted by molar-refractivity contribution is 1.07. The van der Waals surface area contributed by atoms with Crippen molar-refractivity contribution in [1.82, 2.24) is 15.0 Å². The monoisotopic (exact) mass is 761 g/mol. The van der Waals surface area contributed by atoms with Gasteiger partial charge < -0.3 is 0 Å². The van der Waals surface area contributed by atoms with E-state index in [1.165, 1.54) is 81.3 Å². The van der Waals surface area contributed by atoms with Gasteiger partial charge in [0.05, 0.1) is 0 Å². The number of hydrogen-bond donors (Lipinski definition) is 0. The van der Waals surface area contributed by atoms with Crippen LogP contribution >= 0.6 is 0 Å². The van der Waals surface area contributed by atoms with Crippen LogP contribution in [0.4, 0.5) is 0 Å². The van der Waals surface area contributed by atoms with Crippen molar-refractivity contribution < 1.29 is 0 Å². The van der Waals surface area contributed by atoms with Crippen molar-refractivity contribution in [3.63, 3.8) is 0 Å². The molecule has 1 heterocycles. The molecule has 278 valence electrons. The summed E-state index contributed by atoms with van der Waals surface area (Å²) in [6.45, 7) is 0. The molecule has 60 heavy (non-hydrogen) atoms. The predicted octanol–water partition coefficient (Wildman–Crippen LogP) is 15.1. The molecule has 0 amide bonds. The summed E-state index contributed by atoms with van der Waals surface area (Å²) in [5, 5.41) is 15.1. The summed E-state index contributed by atoms with van der Waals surface area (Å²) in [7, 11) is 0. The molecule has 0 unspecified atom stereocenters. The fourth-order valence-electron chi connectivity index (χ4n) is 9.35. The Labute approximate surface area is 346 Å². The van der Waals surface area contributed by atoms with Crippen LogP contribution in [0.15, 0.2) is 212 Å². The van der Waals surface area contributed by atoms with Crippen molar-refractivity contribution in [1.29, 1.82) is 0 Å². The topological polar surface area (TPSA) is 38.7 Å². The van der Waals surface area contributed by atoms with E-state index in [2.05, 4.69) is 152 Å². The van der Waals surface area contributed by atoms with Crippen LogP contribution in [0.5, 0.6) is 0 Å². The molecular formula is C57H35N3. The third-order valence-corrected chi connectivity index (χ3v) is 12.1. The Morgan fingerprint density at radius 2 is 0.600 bits per heavy atom. The minimum absolute atomic E-state index is 0.644. The van der Waals surface area contributed by atoms with Crippen LogP contribution in [-0.2, 0) is 0 Å². The van der Waals surface area contributed by atoms with Gasteiger partial charge in [-0.05, 0) is 93.0 Å². The first-order chi connectivity index (χ1) is 29.8. The Hall–Kier alpha value is -8.01. The molecule has 1 aromatic heterocycles. The smallest absolute Gasteiger partial charge is 0.164 e. The van der Waals surface area contributed by atoms with Crippen molar-refractivity contribution in [2.45, 2.75) is 0 Å². The second-order valence-corrected chi connectivity index (χ2v) is 15.5. The number of benzene rings is 10. The van der Waals surface area contributed by atoms with Gasteiger partial charge in [0.25, 0.3) is 0 Å². The van der Waals surface area contributed by atoms with Crippen molar-refractivity contribution in [3.05, 3.63) is 212 Å². The fourth-order valence-corrected chi connectivity index (χ4v) is 9.35. The van der Waals surface area contributed by atoms with Gasteiger partial charge >= 0.3 is 0 Å². The summed E-state index contributed by atoms with van der Waals surface area (Å²) < 4.78 is 0. The van der Waals surface area contributed by atoms with E-state index < -0.39 is 0 Å². The van der Waals surface area contributed by atoms with Gasteiger partial charge in [0.1, 0.15) is 0 Å². The summed E-state index contributed by atoms with van der Waals surface area (Å²) in [5.74, 6) is 1.95. The minimum Gasteiger partial charge on any atom is -0.208 e. The summed E-state index contributed by atoms with van der Waals surface area (Å²) in [5.41, 5.74) is 7.62. The number of aromatic nitrogens is 3. The zero-order chi connectivity index (χ0) is 39.6. The SMILES string of the molecule is c1ccc(-c2nc(-c3ccccc3)nc(-c3ccc(-c4ccc(-c5cc6cccc7c8ccccc8c8ccccc8c8cccc5c8c67)c5ccccc45)cc3)n2)cc1. The summed E-state index contributed by atoms with van der Waals surface area (Å²) in [4.78, 5) is 14.8. The molecule has 0 aliphatic rings. The van der Waals surface area contributed by atoms with Gasteiger partial charge in [0.2, 0.25) is 0 Å². The van der Waals surface area contributed by atoms with Crippen LogP contribution in [0.1, 0.15) is 0 Å². The molecule has 0 saturated heterocycles. The lowest BCUT2D eigenvalue weighted by Gasteiger charge is -2.18. The quantitative estimate of drug-likeness (QED) is 0.164. The fraction of sp³-hybridized carbons (Fsp3) is 0. The van der Waals surface area contributed by atoms with Crippen LogP contribution in [0, 0.1) is 0 Å². The van der Waals surface area contributed by atoms with E-state index in [0.717, 1.165) is 22.3 Å². The van der Waals surface area contributed by atoms with Gasteiger partial charge in [-0.25, -0.2) is 15.0 Å². The maximum absolute atomic E-state index is 4.97. The van der Waals surface area contributed by atoms with Crippen molar-refractivity contribution >= 4 is 64.6 Å². The first-order valence-corrected chi connectivity index (χ1v) is 20.4. The maximum Gasteiger partial charge on any atom is 0.164 e. The molecule has 0 bridgehead atoms. The second kappa shape index (κ2) is 13.8. The Balaban J connectivity index is 1.03. The number of rotatable bonds is 5. The van der Waals surface area contributed by atoms with Gasteiger partial charge in [0.15, 0.2) is 17.5 Å². The van der Waals surface area contributed by atoms with Crippen molar-refractivity contribution in [2.75, 3.05) is 0 Å². The average molecular weight is 762 g/mol. The molecule has 0 atom stereocenters. The van der Waals surface area contributed by atoms with E-state index in [-0.39, 0.29) is 0 Å². The number of hydrogen-bond acceptors (Lipinski definition) is 3. The van der Waals surface area contributed by atoms with Crippen LogP contribution in [-0.4, -0.2) is 15.0 Å². The highest BCUT2D eigenvalue weighted by molar-refractivity contribution is 6.34. The first kappa shape index (κ1) is 34.1. The molecule has 0 radical (unpaired) electrons. The van der Waals surface area contributed by atoms with Crippen LogP contribution in [0.2, 0.25) is 0 Å². The Morgan fingerprint density at radius 3 is 1.17 bits per heavy atom. The molecule has 0 aliphatic carbocycles. The van der Waals surface area contributed by atoms with Gasteiger partial charge in [-0.2, -0.15) is 0 Å². The van der Waals surface area contributed by atoms with Crippen LogP contribution in [0.25, 0.3) is 121 Å². The largest absolute Gasteiger partial charge is 0.208 e. The molecule has 0 saturated carbocycles. The van der Waals surface area contributed by atoms with E-state index in [1.807, 2.05) is 60.7 Å². The first-order valence-electron chi connectivity index (χ1n) is 20.4. The summed E-state index contributed by atoms with van der Waals surface area (Å²) in [6, 6.07) is 76.1. The van der Waals surface area contributed by atoms with Crippen LogP contribution in [0.3, 0.4) is 0 Å². The molecule has 0 N–H and O–H groups in total. The highest BCUT2D eigenvalue weighted by Crippen LogP contribution is 2.46. The van der Waals surface area contributed by atoms with Crippen LogP contribution < -0.4 is 0 Å². The highest BCUT2D eigenvalue weighted by Gasteiger charge is 2.18. The van der Waals surface area contributed by atoms with E-state index >= 15 is 0 Å². The zero-order valence-corrected chi connectivity index (χ0v) is 32.5. The van der Waals surface area contributed by atoms with Gasteiger partial charge in [-0.3, -0.25) is 0 Å². The van der Waals surface area contributed by atoms with E-state index in [1.54, 1.807) is 0 Å². The molecule has 3 heteroatoms. The van der Waals surface area contributed by atoms with Gasteiger partial charge in [0, 0.05) is 16.7 Å². The molecular weight excluding hydrogens is 727 g/mol. The molecule has 0 spiro atoms. The molecule has 12 aromatic rings.